The monoisotopic (exact) mass is 274 g/mol. The van der Waals surface area contributed by atoms with Gasteiger partial charge in [-0.3, -0.25) is 0 Å². The molecule has 2 rings (SSSR count). The van der Waals surface area contributed by atoms with Crippen molar-refractivity contribution in [3.63, 3.8) is 0 Å². The van der Waals surface area contributed by atoms with Crippen LogP contribution in [-0.4, -0.2) is 19.0 Å². The van der Waals surface area contributed by atoms with E-state index in [4.69, 9.17) is 4.74 Å². The number of ether oxygens (including phenoxy) is 1. The van der Waals surface area contributed by atoms with Gasteiger partial charge in [0.2, 0.25) is 0 Å². The van der Waals surface area contributed by atoms with E-state index in [0.717, 1.165) is 12.9 Å². The zero-order valence-corrected chi connectivity index (χ0v) is 12.5. The van der Waals surface area contributed by atoms with Gasteiger partial charge in [0, 0.05) is 18.9 Å². The average Bonchev–Trinajstić information content (AvgIpc) is 2.52. The number of carbonyl (C=O) groups is 1. The molecule has 1 aliphatic rings. The Morgan fingerprint density at radius 1 is 1.20 bits per heavy atom. The molecule has 0 radical (unpaired) electrons. The molecule has 1 saturated carbocycles. The number of carbonyl (C=O) groups excluding carboxylic acids is 1. The van der Waals surface area contributed by atoms with Crippen molar-refractivity contribution in [2.45, 2.75) is 57.5 Å². The van der Waals surface area contributed by atoms with Gasteiger partial charge in [-0.2, -0.15) is 0 Å². The van der Waals surface area contributed by atoms with Crippen molar-refractivity contribution in [1.29, 1.82) is 0 Å². The molecule has 2 nitrogen and oxygen atoms in total. The second-order valence-corrected chi connectivity index (χ2v) is 5.74. The summed E-state index contributed by atoms with van der Waals surface area (Å²) in [5.74, 6) is 0.811. The Labute approximate surface area is 122 Å². The number of hydrogen-bond donors (Lipinski definition) is 0. The van der Waals surface area contributed by atoms with Gasteiger partial charge in [0.15, 0.2) is 0 Å². The number of rotatable bonds is 7. The minimum absolute atomic E-state index is 0.188. The van der Waals surface area contributed by atoms with Crippen molar-refractivity contribution in [2.24, 2.45) is 5.92 Å². The van der Waals surface area contributed by atoms with Gasteiger partial charge >= 0.3 is 0 Å². The van der Waals surface area contributed by atoms with Crippen molar-refractivity contribution in [2.75, 3.05) is 6.61 Å². The molecule has 0 aliphatic heterocycles. The Morgan fingerprint density at radius 2 is 1.90 bits per heavy atom. The third-order valence-electron chi connectivity index (χ3n) is 4.45. The number of benzene rings is 1. The molecule has 110 valence electrons. The van der Waals surface area contributed by atoms with Crippen LogP contribution in [0.5, 0.6) is 0 Å². The summed E-state index contributed by atoms with van der Waals surface area (Å²) < 4.78 is 6.09. The van der Waals surface area contributed by atoms with Crippen LogP contribution in [0.3, 0.4) is 0 Å². The molecule has 1 aromatic rings. The molecular formula is C18H26O2. The molecule has 0 saturated heterocycles. The molecule has 0 spiro atoms. The summed E-state index contributed by atoms with van der Waals surface area (Å²) in [5.41, 5.74) is 1.24. The van der Waals surface area contributed by atoms with Crippen LogP contribution < -0.4 is 0 Å². The first-order valence-corrected chi connectivity index (χ1v) is 7.97. The predicted octanol–water partition coefficient (Wildman–Crippen LogP) is 4.34. The first-order chi connectivity index (χ1) is 9.86. The molecule has 0 heterocycles. The fourth-order valence-electron chi connectivity index (χ4n) is 3.50. The fourth-order valence-corrected chi connectivity index (χ4v) is 3.50. The van der Waals surface area contributed by atoms with Gasteiger partial charge in [0.25, 0.3) is 0 Å². The largest absolute Gasteiger partial charge is 0.378 e. The normalized spacial score (nSPS) is 19.4. The van der Waals surface area contributed by atoms with E-state index in [0.29, 0.717) is 12.3 Å². The molecule has 1 fully saturated rings. The Bertz CT molecular complexity index is 382. The average molecular weight is 274 g/mol. The van der Waals surface area contributed by atoms with Crippen LogP contribution in [0, 0.1) is 5.92 Å². The van der Waals surface area contributed by atoms with Crippen molar-refractivity contribution < 1.29 is 9.53 Å². The molecule has 2 atom stereocenters. The van der Waals surface area contributed by atoms with Gasteiger partial charge in [-0.05, 0) is 31.2 Å². The molecule has 2 heteroatoms. The van der Waals surface area contributed by atoms with Gasteiger partial charge in [0.1, 0.15) is 6.29 Å². The van der Waals surface area contributed by atoms with Gasteiger partial charge in [-0.15, -0.1) is 0 Å². The van der Waals surface area contributed by atoms with E-state index in [9.17, 15) is 4.79 Å². The maximum atomic E-state index is 11.1. The predicted molar refractivity (Wildman–Crippen MR) is 81.9 cm³/mol. The quantitative estimate of drug-likeness (QED) is 0.691. The zero-order chi connectivity index (χ0) is 14.2. The first-order valence-electron chi connectivity index (χ1n) is 7.97. The molecule has 0 aromatic heterocycles. The van der Waals surface area contributed by atoms with Crippen LogP contribution in [0.15, 0.2) is 30.3 Å². The zero-order valence-electron chi connectivity index (χ0n) is 12.5. The van der Waals surface area contributed by atoms with Crippen LogP contribution in [0.2, 0.25) is 0 Å². The topological polar surface area (TPSA) is 26.3 Å². The third kappa shape index (κ3) is 3.92. The lowest BCUT2D eigenvalue weighted by Crippen LogP contribution is -2.32. The van der Waals surface area contributed by atoms with Gasteiger partial charge < -0.3 is 9.53 Å². The van der Waals surface area contributed by atoms with Crippen molar-refractivity contribution in [3.05, 3.63) is 35.9 Å². The summed E-state index contributed by atoms with van der Waals surface area (Å²) >= 11 is 0. The Kier molecular flexibility index (Phi) is 6.25. The second-order valence-electron chi connectivity index (χ2n) is 5.74. The summed E-state index contributed by atoms with van der Waals surface area (Å²) in [6, 6.07) is 10.4. The highest BCUT2D eigenvalue weighted by Gasteiger charge is 2.31. The minimum Gasteiger partial charge on any atom is -0.378 e. The van der Waals surface area contributed by atoms with Crippen LogP contribution in [-0.2, 0) is 9.53 Å². The number of aldehydes is 1. The molecule has 0 N–H and O–H groups in total. The fraction of sp³-hybridized carbons (Fsp3) is 0.611. The van der Waals surface area contributed by atoms with Crippen molar-refractivity contribution >= 4 is 6.29 Å². The molecule has 20 heavy (non-hydrogen) atoms. The first kappa shape index (κ1) is 15.2. The van der Waals surface area contributed by atoms with E-state index in [1.807, 2.05) is 6.07 Å². The minimum atomic E-state index is 0.188. The lowest BCUT2D eigenvalue weighted by molar-refractivity contribution is -0.109. The van der Waals surface area contributed by atoms with Gasteiger partial charge in [0.05, 0.1) is 6.10 Å². The molecule has 2 unspecified atom stereocenters. The Hall–Kier alpha value is -1.15. The summed E-state index contributed by atoms with van der Waals surface area (Å²) in [4.78, 5) is 11.1. The van der Waals surface area contributed by atoms with E-state index in [1.54, 1.807) is 0 Å². The highest BCUT2D eigenvalue weighted by Crippen LogP contribution is 2.36. The van der Waals surface area contributed by atoms with E-state index in [2.05, 4.69) is 31.2 Å². The standard InChI is InChI=1S/C18H26O2/c1-2-20-18(16-11-7-4-8-12-16)17(13-14-19)15-9-5-3-6-10-15/h3,5-6,9-10,14,16-18H,2,4,7-8,11-13H2,1H3. The number of hydrogen-bond acceptors (Lipinski definition) is 2. The molecular weight excluding hydrogens is 248 g/mol. The highest BCUT2D eigenvalue weighted by molar-refractivity contribution is 5.52. The maximum absolute atomic E-state index is 11.1. The van der Waals surface area contributed by atoms with E-state index in [-0.39, 0.29) is 12.0 Å². The lowest BCUT2D eigenvalue weighted by Gasteiger charge is -2.35. The molecule has 0 bridgehead atoms. The maximum Gasteiger partial charge on any atom is 0.120 e. The summed E-state index contributed by atoms with van der Waals surface area (Å²) in [5, 5.41) is 0. The summed E-state index contributed by atoms with van der Waals surface area (Å²) in [6.45, 7) is 2.78. The molecule has 1 aromatic carbocycles. The molecule has 1 aliphatic carbocycles. The van der Waals surface area contributed by atoms with Crippen LogP contribution in [0.4, 0.5) is 0 Å². The van der Waals surface area contributed by atoms with E-state index < -0.39 is 0 Å². The van der Waals surface area contributed by atoms with Crippen LogP contribution in [0.25, 0.3) is 0 Å². The summed E-state index contributed by atoms with van der Waals surface area (Å²) in [7, 11) is 0. The smallest absolute Gasteiger partial charge is 0.120 e. The second kappa shape index (κ2) is 8.21. The van der Waals surface area contributed by atoms with Crippen LogP contribution in [0.1, 0.15) is 56.9 Å². The van der Waals surface area contributed by atoms with Gasteiger partial charge in [-0.1, -0.05) is 49.6 Å². The van der Waals surface area contributed by atoms with Gasteiger partial charge in [-0.25, -0.2) is 0 Å². The SMILES string of the molecule is CCOC(C1CCCCC1)C(CC=O)c1ccccc1. The van der Waals surface area contributed by atoms with E-state index in [1.165, 1.54) is 37.7 Å². The molecule has 0 amide bonds. The highest BCUT2D eigenvalue weighted by atomic mass is 16.5. The lowest BCUT2D eigenvalue weighted by atomic mass is 9.77. The Morgan fingerprint density at radius 3 is 2.50 bits per heavy atom. The Balaban J connectivity index is 2.19. The summed E-state index contributed by atoms with van der Waals surface area (Å²) in [6.07, 6.45) is 8.23. The van der Waals surface area contributed by atoms with E-state index >= 15 is 0 Å². The van der Waals surface area contributed by atoms with Crippen LogP contribution >= 0.6 is 0 Å². The van der Waals surface area contributed by atoms with Crippen molar-refractivity contribution in [3.8, 4) is 0 Å². The van der Waals surface area contributed by atoms with Crippen molar-refractivity contribution in [1.82, 2.24) is 0 Å². The third-order valence-corrected chi connectivity index (χ3v) is 4.45.